The summed E-state index contributed by atoms with van der Waals surface area (Å²) in [6.07, 6.45) is 3.79. The summed E-state index contributed by atoms with van der Waals surface area (Å²) >= 11 is 5.37. The van der Waals surface area contributed by atoms with E-state index in [1.165, 1.54) is 4.90 Å². The molecule has 0 spiro atoms. The van der Waals surface area contributed by atoms with Crippen LogP contribution in [-0.2, 0) is 4.79 Å². The average molecular weight is 397 g/mol. The van der Waals surface area contributed by atoms with Crippen molar-refractivity contribution >= 4 is 35.0 Å². The van der Waals surface area contributed by atoms with Gasteiger partial charge in [0.2, 0.25) is 0 Å². The molecule has 28 heavy (non-hydrogen) atoms. The standard InChI is InChI=1S/C22H24N2O3S/c1-4-5-12-27-20-14-16(8-11-19(20)26-3)13-18-21(25)24(22(28)23-18)17-9-6-15(2)7-10-17/h6-11,13-14H,4-5,12H2,1-3H3,(H,23,28)/b18-13-. The van der Waals surface area contributed by atoms with Crippen molar-refractivity contribution in [3.05, 3.63) is 59.3 Å². The monoisotopic (exact) mass is 396 g/mol. The van der Waals surface area contributed by atoms with Gasteiger partial charge in [-0.15, -0.1) is 0 Å². The number of hydrogen-bond acceptors (Lipinski definition) is 4. The fraction of sp³-hybridized carbons (Fsp3) is 0.273. The van der Waals surface area contributed by atoms with Crippen molar-refractivity contribution < 1.29 is 14.3 Å². The van der Waals surface area contributed by atoms with Gasteiger partial charge < -0.3 is 14.8 Å². The van der Waals surface area contributed by atoms with Gasteiger partial charge in [0.05, 0.1) is 19.4 Å². The maximum Gasteiger partial charge on any atom is 0.281 e. The second-order valence-corrected chi connectivity index (χ2v) is 6.96. The molecule has 1 N–H and O–H groups in total. The Bertz CT molecular complexity index is 906. The van der Waals surface area contributed by atoms with Crippen LogP contribution in [0.2, 0.25) is 0 Å². The van der Waals surface area contributed by atoms with Gasteiger partial charge >= 0.3 is 0 Å². The van der Waals surface area contributed by atoms with Crippen molar-refractivity contribution in [3.63, 3.8) is 0 Å². The molecule has 1 aliphatic rings. The average Bonchev–Trinajstić information content (AvgIpc) is 2.96. The lowest BCUT2D eigenvalue weighted by Crippen LogP contribution is -2.30. The van der Waals surface area contributed by atoms with Crippen molar-refractivity contribution in [2.45, 2.75) is 26.7 Å². The number of thiocarbonyl (C=S) groups is 1. The minimum Gasteiger partial charge on any atom is -0.493 e. The molecule has 1 heterocycles. The van der Waals surface area contributed by atoms with Crippen LogP contribution >= 0.6 is 12.2 Å². The van der Waals surface area contributed by atoms with Gasteiger partial charge in [0.15, 0.2) is 16.6 Å². The number of hydrogen-bond donors (Lipinski definition) is 1. The number of aryl methyl sites for hydroxylation is 1. The molecule has 2 aromatic rings. The number of carbonyl (C=O) groups excluding carboxylic acids is 1. The van der Waals surface area contributed by atoms with E-state index >= 15 is 0 Å². The third-order valence-electron chi connectivity index (χ3n) is 4.42. The fourth-order valence-corrected chi connectivity index (χ4v) is 3.15. The largest absolute Gasteiger partial charge is 0.493 e. The highest BCUT2D eigenvalue weighted by Gasteiger charge is 2.31. The topological polar surface area (TPSA) is 50.8 Å². The van der Waals surface area contributed by atoms with Gasteiger partial charge in [-0.05, 0) is 61.5 Å². The molecule has 0 atom stereocenters. The summed E-state index contributed by atoms with van der Waals surface area (Å²) in [5.41, 5.74) is 3.13. The first kappa shape index (κ1) is 19.9. The first-order chi connectivity index (χ1) is 13.5. The van der Waals surface area contributed by atoms with Crippen LogP contribution in [0.4, 0.5) is 5.69 Å². The van der Waals surface area contributed by atoms with E-state index in [0.29, 0.717) is 28.9 Å². The number of nitrogens with one attached hydrogen (secondary N) is 1. The summed E-state index contributed by atoms with van der Waals surface area (Å²) in [7, 11) is 1.61. The van der Waals surface area contributed by atoms with Crippen LogP contribution in [0.5, 0.6) is 11.5 Å². The van der Waals surface area contributed by atoms with Crippen LogP contribution in [0.15, 0.2) is 48.2 Å². The summed E-state index contributed by atoms with van der Waals surface area (Å²) in [5, 5.41) is 3.38. The summed E-state index contributed by atoms with van der Waals surface area (Å²) in [6.45, 7) is 4.73. The first-order valence-electron chi connectivity index (χ1n) is 9.28. The second kappa shape index (κ2) is 8.89. The maximum atomic E-state index is 12.9. The minimum absolute atomic E-state index is 0.182. The molecule has 5 nitrogen and oxygen atoms in total. The van der Waals surface area contributed by atoms with Crippen molar-refractivity contribution in [3.8, 4) is 11.5 Å². The molecule has 0 bridgehead atoms. The first-order valence-corrected chi connectivity index (χ1v) is 9.69. The number of methoxy groups -OCH3 is 1. The van der Waals surface area contributed by atoms with Gasteiger partial charge in [0.25, 0.3) is 5.91 Å². The molecular weight excluding hydrogens is 372 g/mol. The summed E-state index contributed by atoms with van der Waals surface area (Å²) in [5.74, 6) is 1.15. The molecule has 1 fully saturated rings. The molecule has 146 valence electrons. The summed E-state index contributed by atoms with van der Waals surface area (Å²) in [6, 6.07) is 13.3. The lowest BCUT2D eigenvalue weighted by atomic mass is 10.1. The van der Waals surface area contributed by atoms with Crippen molar-refractivity contribution in [1.82, 2.24) is 5.32 Å². The minimum atomic E-state index is -0.182. The van der Waals surface area contributed by atoms with Gasteiger partial charge in [0.1, 0.15) is 5.70 Å². The van der Waals surface area contributed by atoms with Crippen molar-refractivity contribution in [1.29, 1.82) is 0 Å². The van der Waals surface area contributed by atoms with Gasteiger partial charge in [0, 0.05) is 0 Å². The van der Waals surface area contributed by atoms with Crippen molar-refractivity contribution in [2.75, 3.05) is 18.6 Å². The van der Waals surface area contributed by atoms with E-state index in [9.17, 15) is 4.79 Å². The molecule has 0 radical (unpaired) electrons. The summed E-state index contributed by atoms with van der Waals surface area (Å²) in [4.78, 5) is 14.4. The number of benzene rings is 2. The number of anilines is 1. The Hall–Kier alpha value is -2.86. The molecule has 0 aromatic heterocycles. The van der Waals surface area contributed by atoms with E-state index in [0.717, 1.165) is 29.7 Å². The number of rotatable bonds is 7. The van der Waals surface area contributed by atoms with Gasteiger partial charge in [-0.25, -0.2) is 0 Å². The van der Waals surface area contributed by atoms with E-state index in [2.05, 4.69) is 12.2 Å². The van der Waals surface area contributed by atoms with Gasteiger partial charge in [-0.2, -0.15) is 0 Å². The van der Waals surface area contributed by atoms with E-state index in [1.807, 2.05) is 49.4 Å². The molecule has 2 aromatic carbocycles. The molecule has 1 amide bonds. The molecule has 1 saturated heterocycles. The Balaban J connectivity index is 1.85. The Morgan fingerprint density at radius 1 is 1.14 bits per heavy atom. The zero-order valence-electron chi connectivity index (χ0n) is 16.3. The smallest absolute Gasteiger partial charge is 0.281 e. The Morgan fingerprint density at radius 2 is 1.89 bits per heavy atom. The van der Waals surface area contributed by atoms with Crippen LogP contribution in [0.25, 0.3) is 6.08 Å². The summed E-state index contributed by atoms with van der Waals surface area (Å²) < 4.78 is 11.2. The molecular formula is C22H24N2O3S. The lowest BCUT2D eigenvalue weighted by Gasteiger charge is -2.14. The van der Waals surface area contributed by atoms with Crippen LogP contribution in [0.3, 0.4) is 0 Å². The number of unbranched alkanes of at least 4 members (excludes halogenated alkanes) is 1. The maximum absolute atomic E-state index is 12.9. The predicted molar refractivity (Wildman–Crippen MR) is 116 cm³/mol. The zero-order chi connectivity index (χ0) is 20.1. The predicted octanol–water partition coefficient (Wildman–Crippen LogP) is 4.44. The Morgan fingerprint density at radius 3 is 2.57 bits per heavy atom. The van der Waals surface area contributed by atoms with E-state index in [4.69, 9.17) is 21.7 Å². The Labute approximate surface area is 170 Å². The Kier molecular flexibility index (Phi) is 6.31. The number of nitrogens with zero attached hydrogens (tertiary/aromatic N) is 1. The fourth-order valence-electron chi connectivity index (χ4n) is 2.85. The molecule has 0 aliphatic carbocycles. The highest BCUT2D eigenvalue weighted by molar-refractivity contribution is 7.80. The quantitative estimate of drug-likeness (QED) is 0.426. The number of carbonyl (C=O) groups is 1. The van der Waals surface area contributed by atoms with E-state index in [-0.39, 0.29) is 5.91 Å². The number of amides is 1. The third-order valence-corrected chi connectivity index (χ3v) is 4.71. The molecule has 0 unspecified atom stereocenters. The van der Waals surface area contributed by atoms with Gasteiger partial charge in [-0.1, -0.05) is 37.1 Å². The van der Waals surface area contributed by atoms with Crippen LogP contribution in [-0.4, -0.2) is 24.7 Å². The van der Waals surface area contributed by atoms with Crippen molar-refractivity contribution in [2.24, 2.45) is 0 Å². The highest BCUT2D eigenvalue weighted by atomic mass is 32.1. The molecule has 3 rings (SSSR count). The van der Waals surface area contributed by atoms with Crippen LogP contribution in [0, 0.1) is 6.92 Å². The SMILES string of the molecule is CCCCOc1cc(/C=C2\NC(=S)N(c3ccc(C)cc3)C2=O)ccc1OC. The normalized spacial score (nSPS) is 15.1. The van der Waals surface area contributed by atoms with Crippen LogP contribution in [0.1, 0.15) is 30.9 Å². The molecule has 1 aliphatic heterocycles. The third kappa shape index (κ3) is 4.34. The van der Waals surface area contributed by atoms with Crippen LogP contribution < -0.4 is 19.7 Å². The lowest BCUT2D eigenvalue weighted by molar-refractivity contribution is -0.113. The molecule has 6 heteroatoms. The van der Waals surface area contributed by atoms with Gasteiger partial charge in [-0.3, -0.25) is 9.69 Å². The highest BCUT2D eigenvalue weighted by Crippen LogP contribution is 2.30. The number of ether oxygens (including phenoxy) is 2. The van der Waals surface area contributed by atoms with E-state index in [1.54, 1.807) is 13.2 Å². The molecule has 0 saturated carbocycles. The zero-order valence-corrected chi connectivity index (χ0v) is 17.1. The second-order valence-electron chi connectivity index (χ2n) is 6.58. The van der Waals surface area contributed by atoms with E-state index < -0.39 is 0 Å².